The predicted octanol–water partition coefficient (Wildman–Crippen LogP) is 1.71. The van der Waals surface area contributed by atoms with Crippen LogP contribution in [0.1, 0.15) is 36.8 Å². The lowest BCUT2D eigenvalue weighted by atomic mass is 9.99. The van der Waals surface area contributed by atoms with Crippen LogP contribution < -0.4 is 16.3 Å². The van der Waals surface area contributed by atoms with Crippen LogP contribution in [-0.2, 0) is 24.4 Å². The second-order valence-electron chi connectivity index (χ2n) is 9.73. The van der Waals surface area contributed by atoms with Gasteiger partial charge < -0.3 is 9.64 Å². The maximum atomic E-state index is 15.1. The molecule has 0 aliphatic carbocycles. The van der Waals surface area contributed by atoms with E-state index in [2.05, 4.69) is 41.1 Å². The molecule has 9 heteroatoms. The Morgan fingerprint density at radius 2 is 1.79 bits per heavy atom. The molecular formula is C24H32FN5O3. The number of anilines is 1. The predicted molar refractivity (Wildman–Crippen MR) is 123 cm³/mol. The van der Waals surface area contributed by atoms with Crippen LogP contribution in [0.4, 0.5) is 10.3 Å². The SMILES string of the molecule is Cc1ccc(COC2CC3CCC(C2)N3CC(F)Cn2c(=O)nc3n(c2=O)CCN3C)cc1. The number of likely N-dealkylation sites (N-methyl/N-ethyl adjacent to an activating group) is 1. The summed E-state index contributed by atoms with van der Waals surface area (Å²) < 4.78 is 23.7. The number of halogens is 1. The molecule has 0 N–H and O–H groups in total. The third-order valence-electron chi connectivity index (χ3n) is 7.37. The maximum Gasteiger partial charge on any atom is 0.355 e. The number of ether oxygens (including phenoxy) is 1. The smallest absolute Gasteiger partial charge is 0.355 e. The molecule has 2 saturated heterocycles. The lowest BCUT2D eigenvalue weighted by Crippen LogP contribution is -2.49. The van der Waals surface area contributed by atoms with E-state index in [4.69, 9.17) is 4.74 Å². The molecule has 3 atom stereocenters. The van der Waals surface area contributed by atoms with Gasteiger partial charge in [0, 0.05) is 38.8 Å². The summed E-state index contributed by atoms with van der Waals surface area (Å²) in [6.45, 7) is 3.74. The zero-order valence-corrected chi connectivity index (χ0v) is 19.3. The van der Waals surface area contributed by atoms with E-state index in [9.17, 15) is 9.59 Å². The fraction of sp³-hybridized carbons (Fsp3) is 0.625. The quantitative estimate of drug-likeness (QED) is 0.631. The van der Waals surface area contributed by atoms with Gasteiger partial charge in [-0.2, -0.15) is 4.98 Å². The number of aromatic nitrogens is 3. The normalized spacial score (nSPS) is 25.4. The van der Waals surface area contributed by atoms with E-state index < -0.39 is 17.6 Å². The van der Waals surface area contributed by atoms with Gasteiger partial charge in [0.25, 0.3) is 0 Å². The van der Waals surface area contributed by atoms with Crippen LogP contribution in [-0.4, -0.2) is 63.5 Å². The molecular weight excluding hydrogens is 425 g/mol. The summed E-state index contributed by atoms with van der Waals surface area (Å²) >= 11 is 0. The molecule has 178 valence electrons. The molecule has 2 fully saturated rings. The second-order valence-corrected chi connectivity index (χ2v) is 9.73. The number of alkyl halides is 1. The van der Waals surface area contributed by atoms with Crippen molar-refractivity contribution < 1.29 is 9.13 Å². The minimum absolute atomic E-state index is 0.184. The van der Waals surface area contributed by atoms with Gasteiger partial charge in [-0.3, -0.25) is 9.47 Å². The van der Waals surface area contributed by atoms with E-state index in [0.717, 1.165) is 30.3 Å². The van der Waals surface area contributed by atoms with Crippen LogP contribution in [0.5, 0.6) is 0 Å². The number of hydrogen-bond acceptors (Lipinski definition) is 6. The number of rotatable bonds is 7. The first kappa shape index (κ1) is 22.3. The Balaban J connectivity index is 1.19. The van der Waals surface area contributed by atoms with Crippen molar-refractivity contribution in [2.24, 2.45) is 0 Å². The molecule has 5 rings (SSSR count). The summed E-state index contributed by atoms with van der Waals surface area (Å²) in [5, 5.41) is 0. The fourth-order valence-corrected chi connectivity index (χ4v) is 5.55. The van der Waals surface area contributed by atoms with Crippen LogP contribution >= 0.6 is 0 Å². The minimum atomic E-state index is -1.30. The zero-order valence-electron chi connectivity index (χ0n) is 19.3. The molecule has 0 spiro atoms. The van der Waals surface area contributed by atoms with Gasteiger partial charge in [0.2, 0.25) is 5.95 Å². The summed E-state index contributed by atoms with van der Waals surface area (Å²) in [7, 11) is 1.79. The van der Waals surface area contributed by atoms with Crippen LogP contribution in [0.25, 0.3) is 0 Å². The molecule has 1 aromatic carbocycles. The lowest BCUT2D eigenvalue weighted by molar-refractivity contribution is -0.0341. The van der Waals surface area contributed by atoms with E-state index in [1.54, 1.807) is 11.9 Å². The van der Waals surface area contributed by atoms with Crippen LogP contribution in [0, 0.1) is 6.92 Å². The number of piperidine rings is 1. The minimum Gasteiger partial charge on any atom is -0.373 e. The molecule has 0 saturated carbocycles. The van der Waals surface area contributed by atoms with Gasteiger partial charge in [-0.25, -0.2) is 18.5 Å². The summed E-state index contributed by atoms with van der Waals surface area (Å²) in [5.74, 6) is 0.363. The largest absolute Gasteiger partial charge is 0.373 e. The van der Waals surface area contributed by atoms with Crippen LogP contribution in [0.2, 0.25) is 0 Å². The lowest BCUT2D eigenvalue weighted by Gasteiger charge is -2.39. The highest BCUT2D eigenvalue weighted by molar-refractivity contribution is 5.31. The van der Waals surface area contributed by atoms with Gasteiger partial charge in [0.05, 0.1) is 19.3 Å². The molecule has 3 unspecified atom stereocenters. The monoisotopic (exact) mass is 457 g/mol. The van der Waals surface area contributed by atoms with Gasteiger partial charge in [-0.05, 0) is 38.2 Å². The van der Waals surface area contributed by atoms with E-state index in [1.165, 1.54) is 15.7 Å². The Morgan fingerprint density at radius 1 is 1.09 bits per heavy atom. The Bertz CT molecular complexity index is 1100. The van der Waals surface area contributed by atoms with Gasteiger partial charge in [-0.15, -0.1) is 0 Å². The summed E-state index contributed by atoms with van der Waals surface area (Å²) in [6.07, 6.45) is 2.75. The van der Waals surface area contributed by atoms with Crippen molar-refractivity contribution in [1.29, 1.82) is 0 Å². The van der Waals surface area contributed by atoms with E-state index in [0.29, 0.717) is 25.6 Å². The number of benzene rings is 1. The molecule has 3 aliphatic rings. The fourth-order valence-electron chi connectivity index (χ4n) is 5.55. The molecule has 0 radical (unpaired) electrons. The molecule has 33 heavy (non-hydrogen) atoms. The number of nitrogens with zero attached hydrogens (tertiary/aromatic N) is 5. The van der Waals surface area contributed by atoms with Crippen LogP contribution in [0.3, 0.4) is 0 Å². The highest BCUT2D eigenvalue weighted by Crippen LogP contribution is 2.37. The van der Waals surface area contributed by atoms with Gasteiger partial charge >= 0.3 is 11.4 Å². The van der Waals surface area contributed by atoms with E-state index in [-0.39, 0.29) is 31.3 Å². The van der Waals surface area contributed by atoms with Gasteiger partial charge in [-0.1, -0.05) is 29.8 Å². The Morgan fingerprint density at radius 3 is 2.48 bits per heavy atom. The van der Waals surface area contributed by atoms with E-state index >= 15 is 4.39 Å². The third-order valence-corrected chi connectivity index (χ3v) is 7.37. The zero-order chi connectivity index (χ0) is 23.1. The standard InChI is InChI=1S/C24H32FN5O3/c1-16-3-5-17(6-4-16)15-33-21-11-19-7-8-20(12-21)29(19)13-18(25)14-30-23(31)26-22-27(2)9-10-28(22)24(30)32/h3-6,18-21H,7-15H2,1-2H3. The molecule has 3 aliphatic heterocycles. The first-order valence-electron chi connectivity index (χ1n) is 11.9. The highest BCUT2D eigenvalue weighted by atomic mass is 19.1. The molecule has 8 nitrogen and oxygen atoms in total. The second kappa shape index (κ2) is 9.02. The number of aryl methyl sites for hydroxylation is 1. The van der Waals surface area contributed by atoms with Gasteiger partial charge in [0.1, 0.15) is 6.17 Å². The van der Waals surface area contributed by atoms with Crippen LogP contribution in [0.15, 0.2) is 33.9 Å². The average molecular weight is 458 g/mol. The average Bonchev–Trinajstić information content (AvgIpc) is 3.25. The Kier molecular flexibility index (Phi) is 6.09. The topological polar surface area (TPSA) is 72.6 Å². The maximum absolute atomic E-state index is 15.1. The Labute approximate surface area is 192 Å². The van der Waals surface area contributed by atoms with Crippen molar-refractivity contribution in [2.45, 2.75) is 76.7 Å². The molecule has 1 aromatic heterocycles. The molecule has 0 amide bonds. The summed E-state index contributed by atoms with van der Waals surface area (Å²) in [5.41, 5.74) is 1.26. The van der Waals surface area contributed by atoms with Crippen molar-refractivity contribution in [3.63, 3.8) is 0 Å². The highest BCUT2D eigenvalue weighted by Gasteiger charge is 2.42. The third kappa shape index (κ3) is 4.48. The number of fused-ring (bicyclic) bond motifs is 3. The first-order chi connectivity index (χ1) is 15.9. The van der Waals surface area contributed by atoms with E-state index in [1.807, 2.05) is 0 Å². The molecule has 2 bridgehead atoms. The number of hydrogen-bond donors (Lipinski definition) is 0. The summed E-state index contributed by atoms with van der Waals surface area (Å²) in [6, 6.07) is 8.97. The van der Waals surface area contributed by atoms with Crippen molar-refractivity contribution in [1.82, 2.24) is 19.0 Å². The molecule has 2 aromatic rings. The van der Waals surface area contributed by atoms with Crippen molar-refractivity contribution in [2.75, 3.05) is 25.0 Å². The molecule has 4 heterocycles. The first-order valence-corrected chi connectivity index (χ1v) is 11.9. The van der Waals surface area contributed by atoms with Gasteiger partial charge in [0.15, 0.2) is 0 Å². The van der Waals surface area contributed by atoms with Crippen molar-refractivity contribution >= 4 is 5.95 Å². The van der Waals surface area contributed by atoms with Crippen molar-refractivity contribution in [3.8, 4) is 0 Å². The van der Waals surface area contributed by atoms with Crippen molar-refractivity contribution in [3.05, 3.63) is 56.4 Å². The summed E-state index contributed by atoms with van der Waals surface area (Å²) in [4.78, 5) is 33.1. The Hall–Kier alpha value is -2.52.